The number of rotatable bonds is 3. The zero-order chi connectivity index (χ0) is 13.2. The third kappa shape index (κ3) is 2.00. The fourth-order valence-corrected chi connectivity index (χ4v) is 2.45. The first-order valence-electron chi connectivity index (χ1n) is 6.29. The van der Waals surface area contributed by atoms with Gasteiger partial charge in [-0.3, -0.25) is 4.98 Å². The van der Waals surface area contributed by atoms with Crippen molar-refractivity contribution in [3.63, 3.8) is 0 Å². The van der Waals surface area contributed by atoms with E-state index in [9.17, 15) is 0 Å². The van der Waals surface area contributed by atoms with Crippen molar-refractivity contribution in [1.82, 2.24) is 19.9 Å². The van der Waals surface area contributed by atoms with Crippen molar-refractivity contribution in [3.05, 3.63) is 60.3 Å². The molecule has 1 unspecified atom stereocenters. The van der Waals surface area contributed by atoms with E-state index in [1.54, 1.807) is 0 Å². The highest BCUT2D eigenvalue weighted by Crippen LogP contribution is 2.26. The van der Waals surface area contributed by atoms with E-state index < -0.39 is 0 Å². The fourth-order valence-electron chi connectivity index (χ4n) is 2.45. The molecule has 0 fully saturated rings. The van der Waals surface area contributed by atoms with Gasteiger partial charge in [0.05, 0.1) is 11.6 Å². The van der Waals surface area contributed by atoms with E-state index in [1.807, 2.05) is 55.5 Å². The van der Waals surface area contributed by atoms with Crippen molar-refractivity contribution in [3.8, 4) is 0 Å². The van der Waals surface area contributed by atoms with Crippen LogP contribution in [-0.2, 0) is 7.05 Å². The first-order valence-corrected chi connectivity index (χ1v) is 6.29. The molecule has 96 valence electrons. The minimum atomic E-state index is 0.0629. The molecule has 3 rings (SSSR count). The predicted octanol–water partition coefficient (Wildman–Crippen LogP) is 2.28. The number of para-hydroxylation sites is 1. The SMILES string of the molecule is CNC(c1ccnc2ccccc12)c1nccn1C. The normalized spacial score (nSPS) is 12.7. The Morgan fingerprint density at radius 1 is 1.11 bits per heavy atom. The summed E-state index contributed by atoms with van der Waals surface area (Å²) in [6.07, 6.45) is 5.64. The molecule has 4 nitrogen and oxygen atoms in total. The van der Waals surface area contributed by atoms with Gasteiger partial charge in [0.15, 0.2) is 0 Å². The highest BCUT2D eigenvalue weighted by molar-refractivity contribution is 5.82. The number of aromatic nitrogens is 3. The van der Waals surface area contributed by atoms with Crippen molar-refractivity contribution >= 4 is 10.9 Å². The van der Waals surface area contributed by atoms with Crippen molar-refractivity contribution in [2.45, 2.75) is 6.04 Å². The molecule has 0 amide bonds. The van der Waals surface area contributed by atoms with Crippen molar-refractivity contribution in [1.29, 1.82) is 0 Å². The molecule has 0 aliphatic carbocycles. The molecule has 0 aliphatic rings. The third-order valence-electron chi connectivity index (χ3n) is 3.40. The molecule has 19 heavy (non-hydrogen) atoms. The van der Waals surface area contributed by atoms with E-state index in [-0.39, 0.29) is 6.04 Å². The lowest BCUT2D eigenvalue weighted by Crippen LogP contribution is -2.21. The van der Waals surface area contributed by atoms with E-state index in [0.29, 0.717) is 0 Å². The zero-order valence-corrected chi connectivity index (χ0v) is 11.0. The number of benzene rings is 1. The molecule has 0 saturated heterocycles. The fraction of sp³-hybridized carbons (Fsp3) is 0.200. The summed E-state index contributed by atoms with van der Waals surface area (Å²) in [6.45, 7) is 0. The van der Waals surface area contributed by atoms with Gasteiger partial charge in [-0.05, 0) is 24.7 Å². The maximum atomic E-state index is 4.45. The summed E-state index contributed by atoms with van der Waals surface area (Å²) in [4.78, 5) is 8.86. The monoisotopic (exact) mass is 252 g/mol. The Labute approximate surface area is 112 Å². The first kappa shape index (κ1) is 11.9. The molecule has 2 aromatic heterocycles. The summed E-state index contributed by atoms with van der Waals surface area (Å²) in [5.74, 6) is 0.999. The number of hydrogen-bond acceptors (Lipinski definition) is 3. The molecule has 2 heterocycles. The molecule has 0 aliphatic heterocycles. The smallest absolute Gasteiger partial charge is 0.130 e. The average Bonchev–Trinajstić information content (AvgIpc) is 2.86. The Balaban J connectivity index is 2.20. The molecular formula is C15H16N4. The van der Waals surface area contributed by atoms with Gasteiger partial charge in [0.2, 0.25) is 0 Å². The number of imidazole rings is 1. The second-order valence-electron chi connectivity index (χ2n) is 4.54. The minimum absolute atomic E-state index is 0.0629. The standard InChI is InChI=1S/C15H16N4/c1-16-14(15-18-9-10-19(15)2)12-7-8-17-13-6-4-3-5-11(12)13/h3-10,14,16H,1-2H3. The molecule has 1 aromatic carbocycles. The molecule has 0 bridgehead atoms. The lowest BCUT2D eigenvalue weighted by Gasteiger charge is -2.18. The molecule has 3 aromatic rings. The van der Waals surface area contributed by atoms with Crippen LogP contribution in [0.3, 0.4) is 0 Å². The van der Waals surface area contributed by atoms with Crippen molar-refractivity contribution in [2.24, 2.45) is 7.05 Å². The Morgan fingerprint density at radius 2 is 1.95 bits per heavy atom. The van der Waals surface area contributed by atoms with E-state index >= 15 is 0 Å². The second kappa shape index (κ2) is 4.82. The number of aryl methyl sites for hydroxylation is 1. The zero-order valence-electron chi connectivity index (χ0n) is 11.0. The lowest BCUT2D eigenvalue weighted by atomic mass is 10.0. The number of nitrogens with one attached hydrogen (secondary N) is 1. The molecule has 1 atom stereocenters. The topological polar surface area (TPSA) is 42.7 Å². The minimum Gasteiger partial charge on any atom is -0.336 e. The van der Waals surface area contributed by atoms with Crippen LogP contribution in [0.25, 0.3) is 10.9 Å². The number of hydrogen-bond donors (Lipinski definition) is 1. The van der Waals surface area contributed by atoms with Gasteiger partial charge >= 0.3 is 0 Å². The maximum Gasteiger partial charge on any atom is 0.130 e. The molecule has 0 saturated carbocycles. The quantitative estimate of drug-likeness (QED) is 0.777. The van der Waals surface area contributed by atoms with E-state index in [0.717, 1.165) is 16.7 Å². The first-order chi connectivity index (χ1) is 9.31. The van der Waals surface area contributed by atoms with Crippen LogP contribution in [0.4, 0.5) is 0 Å². The maximum absolute atomic E-state index is 4.45. The predicted molar refractivity (Wildman–Crippen MR) is 75.9 cm³/mol. The van der Waals surface area contributed by atoms with Gasteiger partial charge in [0.25, 0.3) is 0 Å². The number of nitrogens with zero attached hydrogens (tertiary/aromatic N) is 3. The van der Waals surface area contributed by atoms with E-state index in [1.165, 1.54) is 5.56 Å². The number of pyridine rings is 1. The Bertz CT molecular complexity index is 697. The second-order valence-corrected chi connectivity index (χ2v) is 4.54. The van der Waals surface area contributed by atoms with Crippen LogP contribution >= 0.6 is 0 Å². The van der Waals surface area contributed by atoms with Crippen LogP contribution in [-0.4, -0.2) is 21.6 Å². The molecule has 4 heteroatoms. The Hall–Kier alpha value is -2.20. The van der Waals surface area contributed by atoms with Gasteiger partial charge in [0.1, 0.15) is 5.82 Å². The van der Waals surface area contributed by atoms with Gasteiger partial charge in [-0.1, -0.05) is 18.2 Å². The molecule has 1 N–H and O–H groups in total. The summed E-state index contributed by atoms with van der Waals surface area (Å²) in [5.41, 5.74) is 2.21. The Kier molecular flexibility index (Phi) is 3.01. The van der Waals surface area contributed by atoms with Crippen LogP contribution in [0.5, 0.6) is 0 Å². The van der Waals surface area contributed by atoms with E-state index in [4.69, 9.17) is 0 Å². The highest BCUT2D eigenvalue weighted by Gasteiger charge is 2.18. The lowest BCUT2D eigenvalue weighted by molar-refractivity contribution is 0.620. The number of fused-ring (bicyclic) bond motifs is 1. The summed E-state index contributed by atoms with van der Waals surface area (Å²) in [5, 5.41) is 4.50. The van der Waals surface area contributed by atoms with E-state index in [2.05, 4.69) is 27.4 Å². The third-order valence-corrected chi connectivity index (χ3v) is 3.40. The molecule has 0 spiro atoms. The van der Waals surface area contributed by atoms with Crippen LogP contribution in [0.15, 0.2) is 48.9 Å². The van der Waals surface area contributed by atoms with Gasteiger partial charge in [-0.15, -0.1) is 0 Å². The molecule has 0 radical (unpaired) electrons. The van der Waals surface area contributed by atoms with Crippen molar-refractivity contribution in [2.75, 3.05) is 7.05 Å². The largest absolute Gasteiger partial charge is 0.336 e. The van der Waals surface area contributed by atoms with Gasteiger partial charge < -0.3 is 9.88 Å². The van der Waals surface area contributed by atoms with Crippen LogP contribution in [0.1, 0.15) is 17.4 Å². The summed E-state index contributed by atoms with van der Waals surface area (Å²) in [6, 6.07) is 10.3. The van der Waals surface area contributed by atoms with Crippen LogP contribution in [0.2, 0.25) is 0 Å². The summed E-state index contributed by atoms with van der Waals surface area (Å²) < 4.78 is 2.04. The van der Waals surface area contributed by atoms with Crippen LogP contribution in [0, 0.1) is 0 Å². The van der Waals surface area contributed by atoms with Crippen molar-refractivity contribution < 1.29 is 0 Å². The van der Waals surface area contributed by atoms with Gasteiger partial charge in [-0.2, -0.15) is 0 Å². The summed E-state index contributed by atoms with van der Waals surface area (Å²) >= 11 is 0. The Morgan fingerprint density at radius 3 is 2.68 bits per heavy atom. The highest BCUT2D eigenvalue weighted by atomic mass is 15.1. The molecular weight excluding hydrogens is 236 g/mol. The summed E-state index contributed by atoms with van der Waals surface area (Å²) in [7, 11) is 3.96. The van der Waals surface area contributed by atoms with Crippen LogP contribution < -0.4 is 5.32 Å². The van der Waals surface area contributed by atoms with Gasteiger partial charge in [0, 0.05) is 31.0 Å². The van der Waals surface area contributed by atoms with Gasteiger partial charge in [-0.25, -0.2) is 4.98 Å². The average molecular weight is 252 g/mol.